The minimum absolute atomic E-state index is 0.00392. The van der Waals surface area contributed by atoms with Gasteiger partial charge in [0.05, 0.1) is 6.61 Å². The molecule has 2 aliphatic rings. The van der Waals surface area contributed by atoms with Crippen LogP contribution in [0.1, 0.15) is 71.6 Å². The lowest BCUT2D eigenvalue weighted by Crippen LogP contribution is -2.45. The predicted octanol–water partition coefficient (Wildman–Crippen LogP) is 5.26. The highest BCUT2D eigenvalue weighted by Crippen LogP contribution is 2.32. The number of anilines is 1. The highest BCUT2D eigenvalue weighted by Gasteiger charge is 2.39. The minimum Gasteiger partial charge on any atom is -0.494 e. The molecule has 1 aliphatic carbocycles. The molecule has 30 heavy (non-hydrogen) atoms. The zero-order valence-electron chi connectivity index (χ0n) is 19.0. The van der Waals surface area contributed by atoms with Crippen molar-refractivity contribution >= 4 is 11.6 Å². The summed E-state index contributed by atoms with van der Waals surface area (Å²) in [6, 6.07) is 7.74. The zero-order valence-corrected chi connectivity index (χ0v) is 19.0. The van der Waals surface area contributed by atoms with Crippen LogP contribution in [0.25, 0.3) is 0 Å². The van der Waals surface area contributed by atoms with Crippen LogP contribution in [-0.4, -0.2) is 49.3 Å². The summed E-state index contributed by atoms with van der Waals surface area (Å²) >= 11 is 0. The smallest absolute Gasteiger partial charge is 0.256 e. The molecule has 168 valence electrons. The normalized spacial score (nSPS) is 20.5. The molecule has 0 unspecified atom stereocenters. The van der Waals surface area contributed by atoms with Gasteiger partial charge in [-0.2, -0.15) is 0 Å². The summed E-state index contributed by atoms with van der Waals surface area (Å²) in [5, 5.41) is 3.08. The average Bonchev–Trinajstić information content (AvgIpc) is 3.00. The quantitative estimate of drug-likeness (QED) is 0.441. The molecule has 1 aliphatic heterocycles. The van der Waals surface area contributed by atoms with E-state index in [1.165, 1.54) is 38.8 Å². The fraction of sp³-hybridized carbons (Fsp3) is 0.720. The van der Waals surface area contributed by atoms with E-state index < -0.39 is 5.60 Å². The van der Waals surface area contributed by atoms with Gasteiger partial charge in [0.1, 0.15) is 11.4 Å². The topological polar surface area (TPSA) is 50.8 Å². The Morgan fingerprint density at radius 3 is 2.40 bits per heavy atom. The van der Waals surface area contributed by atoms with Crippen molar-refractivity contribution < 1.29 is 14.3 Å². The van der Waals surface area contributed by atoms with E-state index in [9.17, 15) is 4.79 Å². The molecule has 3 rings (SSSR count). The molecule has 1 heterocycles. The first kappa shape index (κ1) is 23.1. The molecule has 1 N–H and O–H groups in total. The molecular formula is C25H40N2O3. The highest BCUT2D eigenvalue weighted by molar-refractivity contribution is 5.97. The fourth-order valence-electron chi connectivity index (χ4n) is 4.66. The van der Waals surface area contributed by atoms with Crippen molar-refractivity contribution in [3.05, 3.63) is 24.3 Å². The van der Waals surface area contributed by atoms with E-state index in [1.54, 1.807) is 0 Å². The van der Waals surface area contributed by atoms with Crippen molar-refractivity contribution in [1.82, 2.24) is 4.90 Å². The molecule has 0 radical (unpaired) electrons. The van der Waals surface area contributed by atoms with Gasteiger partial charge in [-0.1, -0.05) is 32.6 Å². The number of nitrogens with zero attached hydrogens (tertiary/aromatic N) is 1. The standard InChI is InChI=1S/C25H40N2O3/c1-3-30-25(15-6-4-5-7-16-25)24(28)26-22-9-11-23(12-10-22)29-20-8-17-27-18-13-21(2)14-19-27/h9-12,21H,3-8,13-20H2,1-2H3,(H,26,28). The first-order valence-electron chi connectivity index (χ1n) is 12.0. The third-order valence-corrected chi connectivity index (χ3v) is 6.62. The van der Waals surface area contributed by atoms with Crippen molar-refractivity contribution in [3.63, 3.8) is 0 Å². The number of hydrogen-bond acceptors (Lipinski definition) is 4. The van der Waals surface area contributed by atoms with Gasteiger partial charge in [-0.05, 0) is 82.3 Å². The second-order valence-electron chi connectivity index (χ2n) is 9.05. The summed E-state index contributed by atoms with van der Waals surface area (Å²) in [5.74, 6) is 1.73. The van der Waals surface area contributed by atoms with Gasteiger partial charge in [0, 0.05) is 18.8 Å². The summed E-state index contributed by atoms with van der Waals surface area (Å²) in [7, 11) is 0. The average molecular weight is 417 g/mol. The Morgan fingerprint density at radius 1 is 1.10 bits per heavy atom. The first-order chi connectivity index (χ1) is 14.6. The van der Waals surface area contributed by atoms with Gasteiger partial charge in [0.25, 0.3) is 5.91 Å². The molecule has 5 heteroatoms. The SMILES string of the molecule is CCOC1(C(=O)Nc2ccc(OCCCN3CCC(C)CC3)cc2)CCCCCC1. The van der Waals surface area contributed by atoms with Gasteiger partial charge in [0.2, 0.25) is 0 Å². The summed E-state index contributed by atoms with van der Waals surface area (Å²) in [6.07, 6.45) is 9.78. The van der Waals surface area contributed by atoms with Gasteiger partial charge in [0.15, 0.2) is 0 Å². The molecule has 0 bridgehead atoms. The van der Waals surface area contributed by atoms with Crippen LogP contribution in [0.5, 0.6) is 5.75 Å². The van der Waals surface area contributed by atoms with Crippen molar-refractivity contribution in [2.75, 3.05) is 38.2 Å². The van der Waals surface area contributed by atoms with E-state index in [4.69, 9.17) is 9.47 Å². The minimum atomic E-state index is -0.674. The Labute approximate surface area is 182 Å². The molecule has 1 saturated heterocycles. The second-order valence-corrected chi connectivity index (χ2v) is 9.05. The molecule has 1 aromatic rings. The number of rotatable bonds is 9. The Bertz CT molecular complexity index is 630. The lowest BCUT2D eigenvalue weighted by Gasteiger charge is -2.31. The van der Waals surface area contributed by atoms with Crippen LogP contribution >= 0.6 is 0 Å². The molecule has 0 spiro atoms. The molecule has 1 saturated carbocycles. The number of amides is 1. The number of hydrogen-bond donors (Lipinski definition) is 1. The van der Waals surface area contributed by atoms with Crippen LogP contribution in [0.15, 0.2) is 24.3 Å². The van der Waals surface area contributed by atoms with Gasteiger partial charge in [-0.15, -0.1) is 0 Å². The van der Waals surface area contributed by atoms with Crippen molar-refractivity contribution in [2.45, 2.75) is 77.2 Å². The maximum Gasteiger partial charge on any atom is 0.256 e. The van der Waals surface area contributed by atoms with E-state index in [-0.39, 0.29) is 5.91 Å². The van der Waals surface area contributed by atoms with Gasteiger partial charge < -0.3 is 19.7 Å². The van der Waals surface area contributed by atoms with Crippen LogP contribution in [0.2, 0.25) is 0 Å². The lowest BCUT2D eigenvalue weighted by atomic mass is 9.93. The maximum atomic E-state index is 13.0. The van der Waals surface area contributed by atoms with Gasteiger partial charge in [-0.25, -0.2) is 0 Å². The summed E-state index contributed by atoms with van der Waals surface area (Å²) in [5.41, 5.74) is 0.130. The second kappa shape index (κ2) is 11.7. The molecule has 2 fully saturated rings. The molecule has 1 aromatic carbocycles. The molecular weight excluding hydrogens is 376 g/mol. The number of nitrogens with one attached hydrogen (secondary N) is 1. The number of carbonyl (C=O) groups is 1. The van der Waals surface area contributed by atoms with E-state index in [0.717, 1.165) is 62.6 Å². The van der Waals surface area contributed by atoms with Gasteiger partial charge in [-0.3, -0.25) is 4.79 Å². The number of piperidine rings is 1. The summed E-state index contributed by atoms with van der Waals surface area (Å²) in [4.78, 5) is 15.6. The monoisotopic (exact) mass is 416 g/mol. The van der Waals surface area contributed by atoms with Gasteiger partial charge >= 0.3 is 0 Å². The van der Waals surface area contributed by atoms with Crippen LogP contribution in [0.3, 0.4) is 0 Å². The number of carbonyl (C=O) groups excluding carboxylic acids is 1. The Morgan fingerprint density at radius 2 is 1.77 bits per heavy atom. The number of benzene rings is 1. The van der Waals surface area contributed by atoms with E-state index in [2.05, 4.69) is 17.1 Å². The molecule has 1 amide bonds. The Kier molecular flexibility index (Phi) is 9.01. The third kappa shape index (κ3) is 6.71. The summed E-state index contributed by atoms with van der Waals surface area (Å²) < 4.78 is 11.9. The number of ether oxygens (including phenoxy) is 2. The van der Waals surface area contributed by atoms with Crippen molar-refractivity contribution in [3.8, 4) is 5.75 Å². The van der Waals surface area contributed by atoms with E-state index in [1.807, 2.05) is 31.2 Å². The van der Waals surface area contributed by atoms with E-state index in [0.29, 0.717) is 6.61 Å². The summed E-state index contributed by atoms with van der Waals surface area (Å²) in [6.45, 7) is 9.16. The first-order valence-corrected chi connectivity index (χ1v) is 12.0. The molecule has 0 atom stereocenters. The number of likely N-dealkylation sites (tertiary alicyclic amines) is 1. The Balaban J connectivity index is 1.43. The van der Waals surface area contributed by atoms with Crippen LogP contribution < -0.4 is 10.1 Å². The fourth-order valence-corrected chi connectivity index (χ4v) is 4.66. The molecule has 0 aromatic heterocycles. The van der Waals surface area contributed by atoms with Crippen molar-refractivity contribution in [1.29, 1.82) is 0 Å². The lowest BCUT2D eigenvalue weighted by molar-refractivity contribution is -0.143. The van der Waals surface area contributed by atoms with Crippen LogP contribution in [0, 0.1) is 5.92 Å². The van der Waals surface area contributed by atoms with E-state index >= 15 is 0 Å². The van der Waals surface area contributed by atoms with Crippen LogP contribution in [0.4, 0.5) is 5.69 Å². The van der Waals surface area contributed by atoms with Crippen LogP contribution in [-0.2, 0) is 9.53 Å². The van der Waals surface area contributed by atoms with Crippen molar-refractivity contribution in [2.24, 2.45) is 5.92 Å². The maximum absolute atomic E-state index is 13.0. The predicted molar refractivity (Wildman–Crippen MR) is 122 cm³/mol. The zero-order chi connectivity index (χ0) is 21.2. The third-order valence-electron chi connectivity index (χ3n) is 6.62. The largest absolute Gasteiger partial charge is 0.494 e. The molecule has 5 nitrogen and oxygen atoms in total. The highest BCUT2D eigenvalue weighted by atomic mass is 16.5. The Hall–Kier alpha value is -1.59.